The van der Waals surface area contributed by atoms with Gasteiger partial charge in [0.15, 0.2) is 0 Å². The van der Waals surface area contributed by atoms with Crippen LogP contribution in [0.25, 0.3) is 11.1 Å². The summed E-state index contributed by atoms with van der Waals surface area (Å²) >= 11 is 7.77. The fourth-order valence-corrected chi connectivity index (χ4v) is 9.20. The van der Waals surface area contributed by atoms with Gasteiger partial charge in [-0.25, -0.2) is 13.1 Å². The van der Waals surface area contributed by atoms with E-state index in [9.17, 15) is 23.3 Å². The first-order valence-corrected chi connectivity index (χ1v) is 22.0. The molecule has 1 saturated heterocycles. The zero-order valence-electron chi connectivity index (χ0n) is 32.9. The van der Waals surface area contributed by atoms with Crippen LogP contribution in [0.2, 0.25) is 5.02 Å². The van der Waals surface area contributed by atoms with Gasteiger partial charge >= 0.3 is 0 Å². The number of piperidine rings is 1. The highest BCUT2D eigenvalue weighted by molar-refractivity contribution is 7.99. The smallest absolute Gasteiger partial charge is 0.293 e. The van der Waals surface area contributed by atoms with Gasteiger partial charge in [0.05, 0.1) is 9.82 Å². The van der Waals surface area contributed by atoms with Crippen molar-refractivity contribution in [2.75, 3.05) is 56.7 Å². The number of nitro benzene ring substituents is 1. The van der Waals surface area contributed by atoms with E-state index in [1.54, 1.807) is 23.9 Å². The van der Waals surface area contributed by atoms with E-state index < -0.39 is 26.5 Å². The lowest BCUT2D eigenvalue weighted by molar-refractivity contribution is -0.384. The van der Waals surface area contributed by atoms with Crippen LogP contribution in [-0.2, 0) is 16.6 Å². The van der Waals surface area contributed by atoms with Gasteiger partial charge in [-0.1, -0.05) is 66.2 Å². The van der Waals surface area contributed by atoms with E-state index in [0.717, 1.165) is 61.2 Å². The minimum Gasteiger partial charge on any atom is -0.376 e. The number of nitro groups is 1. The SMILES string of the molecule is CN(C)CC[C@H](CSc1ccccc1)Nc1ccc(S(=O)(=O)NC(=O)c2ccc(N3CCC(N(C)Cc4ccccc4-c4ccc(Cl)cc4)CC3)cc2)cc1[N+](=O)[O-]. The van der Waals surface area contributed by atoms with Gasteiger partial charge in [-0.2, -0.15) is 0 Å². The maximum Gasteiger partial charge on any atom is 0.293 e. The van der Waals surface area contributed by atoms with Gasteiger partial charge in [-0.05, 0) is 124 Å². The Balaban J connectivity index is 1.05. The number of nitrogens with zero attached hydrogens (tertiary/aromatic N) is 4. The van der Waals surface area contributed by atoms with Crippen molar-refractivity contribution in [3.8, 4) is 11.1 Å². The van der Waals surface area contributed by atoms with E-state index >= 15 is 0 Å². The van der Waals surface area contributed by atoms with Crippen LogP contribution in [-0.4, -0.2) is 87.7 Å². The van der Waals surface area contributed by atoms with Gasteiger partial charge in [-0.15, -0.1) is 11.8 Å². The molecule has 0 aliphatic carbocycles. The molecule has 58 heavy (non-hydrogen) atoms. The van der Waals surface area contributed by atoms with E-state index in [2.05, 4.69) is 63.3 Å². The standard InChI is InChI=1S/C44H49ClN6O5S2/c1-48(2)26-23-36(31-57-39-10-5-4-6-11-39)46-42-22-21-40(29-43(42)51(53)54)58(55,56)47-44(52)33-15-19-38(20-16-33)50-27-24-37(25-28-50)49(3)30-34-9-7-8-12-41(34)32-13-17-35(45)18-14-32/h4-22,29,36-37,46H,23-28,30-31H2,1-3H3,(H,47,52)/t36-/m1/s1. The molecule has 1 aliphatic heterocycles. The zero-order valence-corrected chi connectivity index (χ0v) is 35.3. The molecule has 2 N–H and O–H groups in total. The zero-order chi connectivity index (χ0) is 41.2. The largest absolute Gasteiger partial charge is 0.376 e. The quantitative estimate of drug-likeness (QED) is 0.0534. The molecular formula is C44H49ClN6O5S2. The molecule has 6 rings (SSSR count). The highest BCUT2D eigenvalue weighted by Gasteiger charge is 2.27. The summed E-state index contributed by atoms with van der Waals surface area (Å²) in [5, 5.41) is 16.2. The summed E-state index contributed by atoms with van der Waals surface area (Å²) < 4.78 is 28.9. The lowest BCUT2D eigenvalue weighted by Crippen LogP contribution is -2.43. The van der Waals surface area contributed by atoms with Crippen LogP contribution >= 0.6 is 23.4 Å². The fraction of sp³-hybridized carbons (Fsp3) is 0.295. The molecule has 304 valence electrons. The molecular weight excluding hydrogens is 792 g/mol. The number of sulfonamides is 1. The lowest BCUT2D eigenvalue weighted by Gasteiger charge is -2.38. The molecule has 5 aromatic carbocycles. The Kier molecular flexibility index (Phi) is 14.5. The van der Waals surface area contributed by atoms with Crippen LogP contribution < -0.4 is 14.9 Å². The molecule has 1 atom stereocenters. The van der Waals surface area contributed by atoms with Crippen molar-refractivity contribution in [2.24, 2.45) is 0 Å². The number of nitrogens with one attached hydrogen (secondary N) is 2. The maximum absolute atomic E-state index is 13.4. The number of hydrogen-bond donors (Lipinski definition) is 2. The lowest BCUT2D eigenvalue weighted by atomic mass is 9.97. The average molecular weight is 842 g/mol. The second-order valence-electron chi connectivity index (χ2n) is 14.8. The number of hydrogen-bond acceptors (Lipinski definition) is 10. The highest BCUT2D eigenvalue weighted by atomic mass is 35.5. The molecule has 0 aromatic heterocycles. The van der Waals surface area contributed by atoms with Crippen molar-refractivity contribution in [3.05, 3.63) is 148 Å². The Morgan fingerprint density at radius 2 is 1.59 bits per heavy atom. The molecule has 0 bridgehead atoms. The first-order valence-electron chi connectivity index (χ1n) is 19.2. The minimum atomic E-state index is -4.43. The molecule has 1 heterocycles. The first-order chi connectivity index (χ1) is 27.9. The van der Waals surface area contributed by atoms with Crippen molar-refractivity contribution in [1.29, 1.82) is 0 Å². The summed E-state index contributed by atoms with van der Waals surface area (Å²) in [7, 11) is 1.66. The van der Waals surface area contributed by atoms with E-state index in [-0.39, 0.29) is 22.2 Å². The third kappa shape index (κ3) is 11.4. The summed E-state index contributed by atoms with van der Waals surface area (Å²) in [6.45, 7) is 3.23. The Bertz CT molecular complexity index is 2270. The molecule has 0 spiro atoms. The summed E-state index contributed by atoms with van der Waals surface area (Å²) in [4.78, 5) is 32.2. The summed E-state index contributed by atoms with van der Waals surface area (Å²) in [6, 6.07) is 37.0. The van der Waals surface area contributed by atoms with Crippen LogP contribution in [0.3, 0.4) is 0 Å². The van der Waals surface area contributed by atoms with Gasteiger partial charge in [0.2, 0.25) is 0 Å². The number of carbonyl (C=O) groups excluding carboxylic acids is 1. The predicted molar refractivity (Wildman–Crippen MR) is 236 cm³/mol. The fourth-order valence-electron chi connectivity index (χ4n) is 7.09. The van der Waals surface area contributed by atoms with Crippen molar-refractivity contribution in [3.63, 3.8) is 0 Å². The molecule has 14 heteroatoms. The van der Waals surface area contributed by atoms with Gasteiger partial charge < -0.3 is 15.1 Å². The van der Waals surface area contributed by atoms with Crippen LogP contribution in [0.1, 0.15) is 35.2 Å². The topological polar surface area (TPSA) is 128 Å². The molecule has 1 fully saturated rings. The Morgan fingerprint density at radius 1 is 0.914 bits per heavy atom. The number of rotatable bonds is 17. The molecule has 0 radical (unpaired) electrons. The predicted octanol–water partition coefficient (Wildman–Crippen LogP) is 8.66. The molecule has 5 aromatic rings. The van der Waals surface area contributed by atoms with Crippen LogP contribution in [0.15, 0.2) is 131 Å². The second kappa shape index (κ2) is 19.7. The number of anilines is 2. The van der Waals surface area contributed by atoms with Crippen molar-refractivity contribution in [1.82, 2.24) is 14.5 Å². The Labute approximate surface area is 350 Å². The monoisotopic (exact) mass is 840 g/mol. The van der Waals surface area contributed by atoms with Crippen LogP contribution in [0.4, 0.5) is 17.1 Å². The van der Waals surface area contributed by atoms with E-state index in [4.69, 9.17) is 11.6 Å². The van der Waals surface area contributed by atoms with E-state index in [1.165, 1.54) is 23.3 Å². The van der Waals surface area contributed by atoms with Gasteiger partial charge in [-0.3, -0.25) is 19.8 Å². The number of benzene rings is 5. The van der Waals surface area contributed by atoms with Gasteiger partial charge in [0.25, 0.3) is 21.6 Å². The van der Waals surface area contributed by atoms with Gasteiger partial charge in [0, 0.05) is 64.7 Å². The Morgan fingerprint density at radius 3 is 2.26 bits per heavy atom. The summed E-state index contributed by atoms with van der Waals surface area (Å²) in [5.41, 5.74) is 4.51. The number of thioether (sulfide) groups is 1. The number of halogens is 1. The van der Waals surface area contributed by atoms with Gasteiger partial charge in [0.1, 0.15) is 5.69 Å². The summed E-state index contributed by atoms with van der Waals surface area (Å²) in [6.07, 6.45) is 2.63. The first kappa shape index (κ1) is 42.7. The molecule has 0 saturated carbocycles. The number of amides is 1. The molecule has 11 nitrogen and oxygen atoms in total. The Hall–Kier alpha value is -4.92. The van der Waals surface area contributed by atoms with Crippen LogP contribution in [0, 0.1) is 10.1 Å². The third-order valence-corrected chi connectivity index (χ3v) is 13.1. The third-order valence-electron chi connectivity index (χ3n) is 10.4. The van der Waals surface area contributed by atoms with Crippen molar-refractivity contribution in [2.45, 2.75) is 47.7 Å². The minimum absolute atomic E-state index is 0.140. The van der Waals surface area contributed by atoms with E-state index in [1.807, 2.05) is 73.6 Å². The highest BCUT2D eigenvalue weighted by Crippen LogP contribution is 2.31. The second-order valence-corrected chi connectivity index (χ2v) is 18.0. The van der Waals surface area contributed by atoms with E-state index in [0.29, 0.717) is 23.2 Å². The van der Waals surface area contributed by atoms with Crippen molar-refractivity contribution >= 4 is 56.4 Å². The molecule has 1 amide bonds. The van der Waals surface area contributed by atoms with Crippen LogP contribution in [0.5, 0.6) is 0 Å². The molecule has 0 unspecified atom stereocenters. The maximum atomic E-state index is 13.4. The normalized spacial score (nSPS) is 14.1. The van der Waals surface area contributed by atoms with Crippen molar-refractivity contribution < 1.29 is 18.1 Å². The molecule has 1 aliphatic rings. The number of carbonyl (C=O) groups is 1. The average Bonchev–Trinajstić information content (AvgIpc) is 3.22. The summed E-state index contributed by atoms with van der Waals surface area (Å²) in [5.74, 6) is -0.182.